The number of fused-ring (bicyclic) bond motifs is 1. The second-order valence-corrected chi connectivity index (χ2v) is 9.57. The van der Waals surface area contributed by atoms with Crippen LogP contribution in [0.5, 0.6) is 0 Å². The van der Waals surface area contributed by atoms with Gasteiger partial charge in [-0.3, -0.25) is 9.79 Å². The lowest BCUT2D eigenvalue weighted by Crippen LogP contribution is -2.34. The number of carbonyl (C=O) groups excluding carboxylic acids is 2. The molecule has 186 valence electrons. The van der Waals surface area contributed by atoms with Crippen molar-refractivity contribution in [1.82, 2.24) is 10.2 Å². The second-order valence-electron chi connectivity index (χ2n) is 8.73. The summed E-state index contributed by atoms with van der Waals surface area (Å²) >= 11 is 12.7. The van der Waals surface area contributed by atoms with Gasteiger partial charge in [0.1, 0.15) is 6.04 Å². The molecular formula is C27H27Cl2N5O2. The number of nitrogens with zero attached hydrogens (tertiary/aromatic N) is 2. The van der Waals surface area contributed by atoms with Crippen LogP contribution in [0.2, 0.25) is 10.0 Å². The topological polar surface area (TPSA) is 85.8 Å². The standard InChI is InChI=1S/C27H27Cl2N5O2/c1-34(2)14-13-30-27(36)31-20-10-7-17(8-11-20)25-21-16-19(28)9-12-23(21)33-26(35)24(32-25)15-18-5-3-4-6-22(18)29/h3-12,16,24H,13-15H2,1-2H3,(H,33,35)(H2,30,31,36). The zero-order valence-corrected chi connectivity index (χ0v) is 21.5. The summed E-state index contributed by atoms with van der Waals surface area (Å²) in [5.74, 6) is -0.221. The van der Waals surface area contributed by atoms with Crippen molar-refractivity contribution in [3.8, 4) is 0 Å². The molecule has 0 bridgehead atoms. The fourth-order valence-corrected chi connectivity index (χ4v) is 4.23. The van der Waals surface area contributed by atoms with Gasteiger partial charge < -0.3 is 20.9 Å². The van der Waals surface area contributed by atoms with E-state index in [9.17, 15) is 9.59 Å². The Hall–Kier alpha value is -3.39. The van der Waals surface area contributed by atoms with Crippen LogP contribution in [-0.2, 0) is 11.2 Å². The third-order valence-electron chi connectivity index (χ3n) is 5.71. The molecule has 1 aliphatic rings. The van der Waals surface area contributed by atoms with Gasteiger partial charge in [-0.25, -0.2) is 4.79 Å². The molecule has 1 atom stereocenters. The third-order valence-corrected chi connectivity index (χ3v) is 6.32. The maximum atomic E-state index is 13.1. The number of likely N-dealkylation sites (N-methyl/N-ethyl adjacent to an activating group) is 1. The number of nitrogens with one attached hydrogen (secondary N) is 3. The zero-order valence-electron chi connectivity index (χ0n) is 20.0. The van der Waals surface area contributed by atoms with Crippen molar-refractivity contribution in [2.24, 2.45) is 4.99 Å². The van der Waals surface area contributed by atoms with Crippen LogP contribution >= 0.6 is 23.2 Å². The molecule has 0 saturated carbocycles. The van der Waals surface area contributed by atoms with Gasteiger partial charge in [0.25, 0.3) is 0 Å². The number of anilines is 2. The number of aliphatic imine (C=N–C) groups is 1. The number of hydrogen-bond donors (Lipinski definition) is 3. The van der Waals surface area contributed by atoms with E-state index in [1.165, 1.54) is 0 Å². The number of amides is 3. The normalized spacial score (nSPS) is 15.0. The van der Waals surface area contributed by atoms with Gasteiger partial charge in [0.15, 0.2) is 0 Å². The van der Waals surface area contributed by atoms with E-state index in [2.05, 4.69) is 16.0 Å². The first-order valence-electron chi connectivity index (χ1n) is 11.5. The molecular weight excluding hydrogens is 497 g/mol. The summed E-state index contributed by atoms with van der Waals surface area (Å²) < 4.78 is 0. The molecule has 4 rings (SSSR count). The summed E-state index contributed by atoms with van der Waals surface area (Å²) in [6.07, 6.45) is 0.351. The molecule has 3 aromatic rings. The van der Waals surface area contributed by atoms with Gasteiger partial charge in [-0.1, -0.05) is 53.5 Å². The molecule has 0 saturated heterocycles. The van der Waals surface area contributed by atoms with Crippen LogP contribution in [0.4, 0.5) is 16.2 Å². The van der Waals surface area contributed by atoms with Crippen molar-refractivity contribution >= 4 is 52.2 Å². The molecule has 0 aromatic heterocycles. The zero-order chi connectivity index (χ0) is 25.7. The van der Waals surface area contributed by atoms with Gasteiger partial charge in [-0.15, -0.1) is 0 Å². The molecule has 3 aromatic carbocycles. The molecule has 3 amide bonds. The minimum absolute atomic E-state index is 0.221. The van der Waals surface area contributed by atoms with Gasteiger partial charge in [0.05, 0.1) is 11.4 Å². The smallest absolute Gasteiger partial charge is 0.319 e. The van der Waals surface area contributed by atoms with Crippen LogP contribution in [0.3, 0.4) is 0 Å². The van der Waals surface area contributed by atoms with Gasteiger partial charge in [0.2, 0.25) is 5.91 Å². The lowest BCUT2D eigenvalue weighted by Gasteiger charge is -2.13. The van der Waals surface area contributed by atoms with Crippen molar-refractivity contribution in [2.45, 2.75) is 12.5 Å². The third kappa shape index (κ3) is 6.43. The van der Waals surface area contributed by atoms with Gasteiger partial charge >= 0.3 is 6.03 Å². The van der Waals surface area contributed by atoms with Crippen molar-refractivity contribution in [3.63, 3.8) is 0 Å². The van der Waals surface area contributed by atoms with E-state index in [0.717, 1.165) is 23.2 Å². The number of carbonyl (C=O) groups is 2. The van der Waals surface area contributed by atoms with E-state index < -0.39 is 6.04 Å². The van der Waals surface area contributed by atoms with Crippen LogP contribution in [-0.4, -0.2) is 55.8 Å². The predicted molar refractivity (Wildman–Crippen MR) is 147 cm³/mol. The molecule has 1 heterocycles. The first-order valence-corrected chi connectivity index (χ1v) is 12.3. The van der Waals surface area contributed by atoms with Crippen LogP contribution in [0.15, 0.2) is 71.7 Å². The van der Waals surface area contributed by atoms with Gasteiger partial charge in [0, 0.05) is 46.4 Å². The Kier molecular flexibility index (Phi) is 8.25. The highest BCUT2D eigenvalue weighted by Gasteiger charge is 2.27. The number of benzene rings is 3. The Morgan fingerprint density at radius 3 is 2.53 bits per heavy atom. The van der Waals surface area contributed by atoms with Crippen molar-refractivity contribution < 1.29 is 9.59 Å². The molecule has 7 nitrogen and oxygen atoms in total. The molecule has 3 N–H and O–H groups in total. The Labute approximate surface area is 220 Å². The summed E-state index contributed by atoms with van der Waals surface area (Å²) in [7, 11) is 3.89. The summed E-state index contributed by atoms with van der Waals surface area (Å²) in [6.45, 7) is 1.29. The summed E-state index contributed by atoms with van der Waals surface area (Å²) in [6, 6.07) is 19.1. The maximum Gasteiger partial charge on any atom is 0.319 e. The minimum atomic E-state index is -0.689. The van der Waals surface area contributed by atoms with Crippen LogP contribution in [0.25, 0.3) is 0 Å². The molecule has 0 aliphatic carbocycles. The maximum absolute atomic E-state index is 13.1. The number of rotatable bonds is 7. The Bertz CT molecular complexity index is 1290. The molecule has 36 heavy (non-hydrogen) atoms. The minimum Gasteiger partial charge on any atom is -0.337 e. The van der Waals surface area contributed by atoms with E-state index in [-0.39, 0.29) is 11.9 Å². The fourth-order valence-electron chi connectivity index (χ4n) is 3.84. The monoisotopic (exact) mass is 523 g/mol. The van der Waals surface area contributed by atoms with E-state index in [0.29, 0.717) is 40.1 Å². The Morgan fingerprint density at radius 1 is 1.06 bits per heavy atom. The first kappa shape index (κ1) is 25.7. The first-order chi connectivity index (χ1) is 17.3. The largest absolute Gasteiger partial charge is 0.337 e. The average Bonchev–Trinajstić information content (AvgIpc) is 2.97. The number of hydrogen-bond acceptors (Lipinski definition) is 4. The highest BCUT2D eigenvalue weighted by Crippen LogP contribution is 2.29. The van der Waals surface area contributed by atoms with Crippen molar-refractivity contribution in [2.75, 3.05) is 37.8 Å². The fraction of sp³-hybridized carbons (Fsp3) is 0.222. The Balaban J connectivity index is 1.62. The van der Waals surface area contributed by atoms with E-state index >= 15 is 0 Å². The van der Waals surface area contributed by atoms with E-state index in [4.69, 9.17) is 28.2 Å². The Morgan fingerprint density at radius 2 is 1.81 bits per heavy atom. The lowest BCUT2D eigenvalue weighted by atomic mass is 10.00. The van der Waals surface area contributed by atoms with Crippen molar-refractivity contribution in [1.29, 1.82) is 0 Å². The molecule has 0 spiro atoms. The summed E-state index contributed by atoms with van der Waals surface area (Å²) in [5.41, 5.74) is 4.25. The quantitative estimate of drug-likeness (QED) is 0.403. The number of benzodiazepines with no additional fused rings is 1. The number of urea groups is 1. The molecule has 1 unspecified atom stereocenters. The van der Waals surface area contributed by atoms with Gasteiger partial charge in [-0.2, -0.15) is 0 Å². The molecule has 0 fully saturated rings. The summed E-state index contributed by atoms with van der Waals surface area (Å²) in [4.78, 5) is 32.1. The van der Waals surface area contributed by atoms with E-state index in [1.807, 2.05) is 49.3 Å². The summed E-state index contributed by atoms with van der Waals surface area (Å²) in [5, 5.41) is 9.75. The molecule has 9 heteroatoms. The molecule has 1 aliphatic heterocycles. The highest BCUT2D eigenvalue weighted by molar-refractivity contribution is 6.32. The average molecular weight is 524 g/mol. The van der Waals surface area contributed by atoms with Crippen LogP contribution in [0, 0.1) is 0 Å². The lowest BCUT2D eigenvalue weighted by molar-refractivity contribution is -0.117. The van der Waals surface area contributed by atoms with Crippen molar-refractivity contribution in [3.05, 3.63) is 93.5 Å². The van der Waals surface area contributed by atoms with Crippen LogP contribution in [0.1, 0.15) is 16.7 Å². The SMILES string of the molecule is CN(C)CCNC(=O)Nc1ccc(C2=NC(Cc3ccccc3Cl)C(=O)Nc3ccc(Cl)cc32)cc1. The van der Waals surface area contributed by atoms with Crippen LogP contribution < -0.4 is 16.0 Å². The van der Waals surface area contributed by atoms with E-state index in [1.54, 1.807) is 36.4 Å². The second kappa shape index (κ2) is 11.6. The number of halogens is 2. The molecule has 0 radical (unpaired) electrons. The predicted octanol–water partition coefficient (Wildman–Crippen LogP) is 5.08. The highest BCUT2D eigenvalue weighted by atomic mass is 35.5. The van der Waals surface area contributed by atoms with Gasteiger partial charge in [-0.05, 0) is 56.1 Å².